The Morgan fingerprint density at radius 2 is 1.88 bits per heavy atom. The molecule has 2 heterocycles. The van der Waals surface area contributed by atoms with Gasteiger partial charge in [0.05, 0.1) is 24.1 Å². The first-order valence-electron chi connectivity index (χ1n) is 11.2. The molecule has 2 aromatic heterocycles. The van der Waals surface area contributed by atoms with Crippen molar-refractivity contribution in [3.63, 3.8) is 0 Å². The predicted molar refractivity (Wildman–Crippen MR) is 139 cm³/mol. The molecule has 0 aliphatic rings. The molecule has 0 saturated heterocycles. The van der Waals surface area contributed by atoms with Gasteiger partial charge >= 0.3 is 0 Å². The first kappa shape index (κ1) is 23.6. The molecular weight excluding hydrogens is 444 g/mol. The average Bonchev–Trinajstić information content (AvgIpc) is 3.11. The molecule has 7 heteroatoms. The van der Waals surface area contributed by atoms with Crippen molar-refractivity contribution < 1.29 is 9.53 Å². The lowest BCUT2D eigenvalue weighted by Crippen LogP contribution is -2.19. The Balaban J connectivity index is 1.40. The summed E-state index contributed by atoms with van der Waals surface area (Å²) in [4.78, 5) is 18.0. The molecule has 174 valence electrons. The Kier molecular flexibility index (Phi) is 7.33. The van der Waals surface area contributed by atoms with E-state index < -0.39 is 0 Å². The Labute approximate surface area is 204 Å². The van der Waals surface area contributed by atoms with Gasteiger partial charge in [-0.1, -0.05) is 18.2 Å². The highest BCUT2D eigenvalue weighted by molar-refractivity contribution is 8.00. The Morgan fingerprint density at radius 3 is 2.65 bits per heavy atom. The molecule has 0 radical (unpaired) electrons. The van der Waals surface area contributed by atoms with Crippen LogP contribution in [0.1, 0.15) is 29.6 Å². The largest absolute Gasteiger partial charge is 0.494 e. The van der Waals surface area contributed by atoms with Crippen LogP contribution in [0.25, 0.3) is 16.6 Å². The molecule has 2 aromatic carbocycles. The maximum absolute atomic E-state index is 12.4. The van der Waals surface area contributed by atoms with Gasteiger partial charge in [0.25, 0.3) is 0 Å². The summed E-state index contributed by atoms with van der Waals surface area (Å²) in [6.07, 6.45) is 1.70. The maximum atomic E-state index is 12.4. The Hall–Kier alpha value is -3.58. The number of aryl methyl sites for hydroxylation is 2. The number of nitrogens with zero attached hydrogens (tertiary/aromatic N) is 3. The second-order valence-electron chi connectivity index (χ2n) is 7.95. The topological polar surface area (TPSA) is 68.5 Å². The minimum atomic E-state index is -0.153. The highest BCUT2D eigenvalue weighted by Crippen LogP contribution is 2.27. The molecule has 6 nitrogen and oxygen atoms in total. The number of benzene rings is 2. The van der Waals surface area contributed by atoms with Crippen LogP contribution in [-0.4, -0.2) is 34.0 Å². The summed E-state index contributed by atoms with van der Waals surface area (Å²) in [5, 5.41) is 5.25. The van der Waals surface area contributed by atoms with Crippen LogP contribution in [-0.2, 0) is 4.79 Å². The third-order valence-electron chi connectivity index (χ3n) is 5.43. The number of hydrazone groups is 1. The van der Waals surface area contributed by atoms with Gasteiger partial charge in [-0.05, 0) is 70.2 Å². The highest BCUT2D eigenvalue weighted by atomic mass is 32.2. The molecule has 1 amide bonds. The summed E-state index contributed by atoms with van der Waals surface area (Å²) < 4.78 is 7.70. The number of nitrogens with one attached hydrogen (secondary N) is 1. The zero-order valence-electron chi connectivity index (χ0n) is 19.8. The molecule has 0 spiro atoms. The molecule has 0 aliphatic carbocycles. The Bertz CT molecular complexity index is 1340. The summed E-state index contributed by atoms with van der Waals surface area (Å²) in [6.45, 7) is 8.67. The van der Waals surface area contributed by atoms with Gasteiger partial charge in [-0.15, -0.1) is 11.8 Å². The minimum absolute atomic E-state index is 0.153. The van der Waals surface area contributed by atoms with Crippen LogP contribution >= 0.6 is 11.8 Å². The predicted octanol–water partition coefficient (Wildman–Crippen LogP) is 5.59. The molecule has 0 aliphatic heterocycles. The second kappa shape index (κ2) is 10.6. The second-order valence-corrected chi connectivity index (χ2v) is 8.97. The first-order chi connectivity index (χ1) is 16.5. The lowest BCUT2D eigenvalue weighted by molar-refractivity contribution is -0.118. The fourth-order valence-electron chi connectivity index (χ4n) is 3.91. The smallest absolute Gasteiger partial charge is 0.250 e. The number of carbonyl (C=O) groups excluding carboxylic acids is 1. The number of hydrogen-bond donors (Lipinski definition) is 1. The van der Waals surface area contributed by atoms with Crippen molar-refractivity contribution in [3.05, 3.63) is 83.3 Å². The van der Waals surface area contributed by atoms with Gasteiger partial charge in [0, 0.05) is 38.6 Å². The van der Waals surface area contributed by atoms with Crippen LogP contribution in [0.3, 0.4) is 0 Å². The number of aromatic nitrogens is 2. The third kappa shape index (κ3) is 5.31. The van der Waals surface area contributed by atoms with Gasteiger partial charge in [-0.3, -0.25) is 9.78 Å². The van der Waals surface area contributed by atoms with Gasteiger partial charge in [-0.2, -0.15) is 5.10 Å². The van der Waals surface area contributed by atoms with E-state index in [0.29, 0.717) is 6.61 Å². The standard InChI is InChI=1S/C27H28N4O2S/c1-5-33-23-12-10-22(11-13-23)31-19(3)15-21(20(31)4)16-28-30-27(32)17-34-26-14-18(2)29-25-9-7-6-8-24(25)26/h6-16H,5,17H2,1-4H3,(H,30,32). The number of hydrogen-bond acceptors (Lipinski definition) is 5. The van der Waals surface area contributed by atoms with Crippen molar-refractivity contribution in [2.24, 2.45) is 5.10 Å². The zero-order valence-corrected chi connectivity index (χ0v) is 20.6. The van der Waals surface area contributed by atoms with Gasteiger partial charge in [0.1, 0.15) is 5.75 Å². The van der Waals surface area contributed by atoms with Crippen molar-refractivity contribution in [2.75, 3.05) is 12.4 Å². The highest BCUT2D eigenvalue weighted by Gasteiger charge is 2.11. The lowest BCUT2D eigenvalue weighted by atomic mass is 10.2. The molecule has 34 heavy (non-hydrogen) atoms. The van der Waals surface area contributed by atoms with E-state index in [1.165, 1.54) is 11.8 Å². The fraction of sp³-hybridized carbons (Fsp3) is 0.222. The minimum Gasteiger partial charge on any atom is -0.494 e. The van der Waals surface area contributed by atoms with Crippen molar-refractivity contribution in [1.29, 1.82) is 0 Å². The van der Waals surface area contributed by atoms with E-state index in [2.05, 4.69) is 33.1 Å². The number of ether oxygens (including phenoxy) is 1. The Morgan fingerprint density at radius 1 is 1.12 bits per heavy atom. The fourth-order valence-corrected chi connectivity index (χ4v) is 4.84. The molecule has 0 fully saturated rings. The van der Waals surface area contributed by atoms with E-state index in [-0.39, 0.29) is 11.7 Å². The number of para-hydroxylation sites is 1. The van der Waals surface area contributed by atoms with Crippen molar-refractivity contribution in [2.45, 2.75) is 32.6 Å². The lowest BCUT2D eigenvalue weighted by Gasteiger charge is -2.11. The molecule has 0 atom stereocenters. The summed E-state index contributed by atoms with van der Waals surface area (Å²) in [6, 6.07) is 20.1. The zero-order chi connectivity index (χ0) is 24.1. The van der Waals surface area contributed by atoms with Crippen LogP contribution in [0.5, 0.6) is 5.75 Å². The van der Waals surface area contributed by atoms with E-state index in [0.717, 1.165) is 49.9 Å². The summed E-state index contributed by atoms with van der Waals surface area (Å²) in [7, 11) is 0. The first-order valence-corrected chi connectivity index (χ1v) is 12.2. The van der Waals surface area contributed by atoms with E-state index in [9.17, 15) is 4.79 Å². The quantitative estimate of drug-likeness (QED) is 0.206. The average molecular weight is 473 g/mol. The van der Waals surface area contributed by atoms with E-state index in [4.69, 9.17) is 4.74 Å². The summed E-state index contributed by atoms with van der Waals surface area (Å²) >= 11 is 1.49. The summed E-state index contributed by atoms with van der Waals surface area (Å²) in [5.74, 6) is 0.974. The monoisotopic (exact) mass is 472 g/mol. The van der Waals surface area contributed by atoms with Gasteiger partial charge in [0.15, 0.2) is 0 Å². The van der Waals surface area contributed by atoms with Gasteiger partial charge in [0.2, 0.25) is 5.91 Å². The number of carbonyl (C=O) groups is 1. The van der Waals surface area contributed by atoms with E-state index >= 15 is 0 Å². The number of amides is 1. The molecule has 0 unspecified atom stereocenters. The number of fused-ring (bicyclic) bond motifs is 1. The van der Waals surface area contributed by atoms with Crippen molar-refractivity contribution in [1.82, 2.24) is 15.0 Å². The van der Waals surface area contributed by atoms with Gasteiger partial charge in [-0.25, -0.2) is 5.43 Å². The third-order valence-corrected chi connectivity index (χ3v) is 6.49. The van der Waals surface area contributed by atoms with E-state index in [1.807, 2.05) is 75.4 Å². The SMILES string of the molecule is CCOc1ccc(-n2c(C)cc(C=NNC(=O)CSc3cc(C)nc4ccccc34)c2C)cc1. The molecule has 0 bridgehead atoms. The number of thioether (sulfide) groups is 1. The molecule has 0 saturated carbocycles. The van der Waals surface area contributed by atoms with Crippen molar-refractivity contribution in [3.8, 4) is 11.4 Å². The van der Waals surface area contributed by atoms with Gasteiger partial charge < -0.3 is 9.30 Å². The molecule has 4 aromatic rings. The number of pyridine rings is 1. The van der Waals surface area contributed by atoms with E-state index in [1.54, 1.807) is 6.21 Å². The van der Waals surface area contributed by atoms with Crippen molar-refractivity contribution >= 4 is 34.8 Å². The van der Waals surface area contributed by atoms with Crippen LogP contribution in [0.4, 0.5) is 0 Å². The van der Waals surface area contributed by atoms with Crippen LogP contribution in [0.2, 0.25) is 0 Å². The van der Waals surface area contributed by atoms with Crippen LogP contribution in [0, 0.1) is 20.8 Å². The van der Waals surface area contributed by atoms with Crippen LogP contribution in [0.15, 0.2) is 70.7 Å². The number of rotatable bonds is 8. The van der Waals surface area contributed by atoms with Crippen LogP contribution < -0.4 is 10.2 Å². The molecule has 4 rings (SSSR count). The summed E-state index contributed by atoms with van der Waals surface area (Å²) in [5.41, 5.74) is 8.66. The molecule has 1 N–H and O–H groups in total. The molecular formula is C27H28N4O2S. The maximum Gasteiger partial charge on any atom is 0.250 e. The normalized spacial score (nSPS) is 11.3.